The summed E-state index contributed by atoms with van der Waals surface area (Å²) in [6.45, 7) is -0.481. The zero-order chi connectivity index (χ0) is 27.4. The molecule has 0 unspecified atom stereocenters. The molecule has 0 atom stereocenters. The number of anilines is 1. The number of ketones is 2. The Bertz CT molecular complexity index is 1790. The highest BCUT2D eigenvalue weighted by molar-refractivity contribution is 7.86. The Kier molecular flexibility index (Phi) is 5.64. The number of amides is 2. The fraction of sp³-hybridized carbons (Fsp3) is 0.0667. The number of imide groups is 1. The van der Waals surface area contributed by atoms with Crippen molar-refractivity contribution in [2.45, 2.75) is 4.90 Å². The molecule has 2 amide bonds. The lowest BCUT2D eigenvalue weighted by molar-refractivity contribution is -0.624. The largest absolute Gasteiger partial charge is 0.379 e. The van der Waals surface area contributed by atoms with Crippen LogP contribution in [0.4, 0.5) is 5.69 Å². The van der Waals surface area contributed by atoms with E-state index in [4.69, 9.17) is 0 Å². The van der Waals surface area contributed by atoms with Crippen molar-refractivity contribution in [1.82, 2.24) is 0 Å². The smallest absolute Gasteiger partial charge is 0.370 e. The molecule has 2 aliphatic rings. The molecule has 0 saturated carbocycles. The highest BCUT2D eigenvalue weighted by Gasteiger charge is 2.62. The lowest BCUT2D eigenvalue weighted by Crippen LogP contribution is -2.58. The molecule has 1 N–H and O–H groups in total. The molecule has 0 saturated heterocycles. The van der Waals surface area contributed by atoms with Crippen LogP contribution in [0.15, 0.2) is 102 Å². The lowest BCUT2D eigenvalue weighted by atomic mass is 9.84. The van der Waals surface area contributed by atoms with Gasteiger partial charge in [-0.1, -0.05) is 58.5 Å². The maximum absolute atomic E-state index is 13.9. The van der Waals surface area contributed by atoms with Gasteiger partial charge in [-0.2, -0.15) is 8.42 Å². The van der Waals surface area contributed by atoms with Gasteiger partial charge in [-0.3, -0.25) is 9.59 Å². The first kappa shape index (κ1) is 24.6. The van der Waals surface area contributed by atoms with Crippen molar-refractivity contribution in [3.8, 4) is 0 Å². The van der Waals surface area contributed by atoms with Crippen LogP contribution < -0.4 is 5.32 Å². The van der Waals surface area contributed by atoms with Crippen molar-refractivity contribution in [2.24, 2.45) is 0 Å². The number of hydrogen-bond donors (Lipinski definition) is 1. The Labute approximate surface area is 224 Å². The van der Waals surface area contributed by atoms with Gasteiger partial charge in [0.1, 0.15) is 11.4 Å². The second-order valence-electron chi connectivity index (χ2n) is 9.30. The Morgan fingerprint density at radius 2 is 1.05 bits per heavy atom. The molecule has 4 aromatic rings. The minimum absolute atomic E-state index is 0.0542. The maximum Gasteiger partial charge on any atom is 0.370 e. The Morgan fingerprint density at radius 3 is 1.64 bits per heavy atom. The number of nitrogens with zero attached hydrogens (tertiary/aromatic N) is 1. The summed E-state index contributed by atoms with van der Waals surface area (Å²) in [6.07, 6.45) is 0. The van der Waals surface area contributed by atoms with Crippen molar-refractivity contribution in [3.05, 3.63) is 130 Å². The molecule has 8 nitrogen and oxygen atoms in total. The lowest BCUT2D eigenvalue weighted by Gasteiger charge is -2.27. The third kappa shape index (κ3) is 3.51. The van der Waals surface area contributed by atoms with Gasteiger partial charge in [0.05, 0.1) is 17.7 Å². The summed E-state index contributed by atoms with van der Waals surface area (Å²) in [5, 5.41) is 3.05. The molecule has 0 bridgehead atoms. The van der Waals surface area contributed by atoms with E-state index in [9.17, 15) is 27.6 Å². The van der Waals surface area contributed by atoms with Crippen molar-refractivity contribution in [1.29, 1.82) is 0 Å². The molecular weight excluding hydrogens is 516 g/mol. The average Bonchev–Trinajstić information content (AvgIpc) is 3.19. The van der Waals surface area contributed by atoms with Crippen LogP contribution >= 0.6 is 0 Å². The molecular formula is C30H21N2O6S+. The number of fused-ring (bicyclic) bond motifs is 3. The number of nitrogens with one attached hydrogen (secondary N) is 1. The van der Waals surface area contributed by atoms with Gasteiger partial charge in [-0.15, -0.1) is 0 Å². The summed E-state index contributed by atoms with van der Waals surface area (Å²) in [4.78, 5) is 53.1. The van der Waals surface area contributed by atoms with Gasteiger partial charge in [0.2, 0.25) is 0 Å². The molecule has 192 valence electrons. The van der Waals surface area contributed by atoms with Crippen LogP contribution in [0.5, 0.6) is 0 Å². The minimum Gasteiger partial charge on any atom is -0.379 e. The molecule has 39 heavy (non-hydrogen) atoms. The zero-order valence-corrected chi connectivity index (χ0v) is 21.3. The third-order valence-electron chi connectivity index (χ3n) is 7.18. The molecule has 0 aromatic heterocycles. The highest BCUT2D eigenvalue weighted by atomic mass is 32.2. The molecule has 4 aromatic carbocycles. The van der Waals surface area contributed by atoms with E-state index in [0.717, 1.165) is 0 Å². The molecule has 1 aliphatic heterocycles. The van der Waals surface area contributed by atoms with Crippen LogP contribution in [0.25, 0.3) is 0 Å². The van der Waals surface area contributed by atoms with Gasteiger partial charge < -0.3 is 5.32 Å². The Balaban J connectivity index is 1.34. The normalized spacial score (nSPS) is 15.5. The van der Waals surface area contributed by atoms with Crippen molar-refractivity contribution >= 4 is 39.1 Å². The number of sulfonamides is 1. The van der Waals surface area contributed by atoms with Gasteiger partial charge in [0.25, 0.3) is 0 Å². The fourth-order valence-corrected chi connectivity index (χ4v) is 7.04. The van der Waals surface area contributed by atoms with Gasteiger partial charge in [-0.25, -0.2) is 9.59 Å². The number of carbonyl (C=O) groups is 4. The Morgan fingerprint density at radius 1 is 0.564 bits per heavy atom. The van der Waals surface area contributed by atoms with E-state index in [2.05, 4.69) is 5.32 Å². The van der Waals surface area contributed by atoms with Crippen LogP contribution in [0.3, 0.4) is 0 Å². The number of quaternary nitrogens is 1. The van der Waals surface area contributed by atoms with Gasteiger partial charge >= 0.3 is 21.8 Å². The van der Waals surface area contributed by atoms with Crippen LogP contribution in [0.2, 0.25) is 0 Å². The summed E-state index contributed by atoms with van der Waals surface area (Å²) < 4.78 is 26.4. The first-order valence-corrected chi connectivity index (χ1v) is 13.6. The van der Waals surface area contributed by atoms with E-state index in [0.29, 0.717) is 16.8 Å². The molecule has 0 fully saturated rings. The molecule has 1 aliphatic carbocycles. The van der Waals surface area contributed by atoms with E-state index < -0.39 is 32.3 Å². The van der Waals surface area contributed by atoms with E-state index in [1.807, 2.05) is 0 Å². The fourth-order valence-electron chi connectivity index (χ4n) is 5.22. The van der Waals surface area contributed by atoms with Crippen molar-refractivity contribution < 1.29 is 31.5 Å². The van der Waals surface area contributed by atoms with Crippen molar-refractivity contribution in [3.63, 3.8) is 0 Å². The monoisotopic (exact) mass is 537 g/mol. The number of carbonyl (C=O) groups excluding carboxylic acids is 4. The number of benzene rings is 4. The van der Waals surface area contributed by atoms with Crippen LogP contribution in [-0.2, 0) is 10.0 Å². The van der Waals surface area contributed by atoms with Gasteiger partial charge in [-0.05, 0) is 42.5 Å². The quantitative estimate of drug-likeness (QED) is 0.256. The van der Waals surface area contributed by atoms with Gasteiger partial charge in [0, 0.05) is 27.9 Å². The third-order valence-corrected chi connectivity index (χ3v) is 9.38. The second kappa shape index (κ2) is 8.93. The van der Waals surface area contributed by atoms with Crippen LogP contribution in [-0.4, -0.2) is 48.8 Å². The SMILES string of the molecule is O=C1c2ccccc2C(=O)c2cc(NCC[N+]3(S(=O)(=O)c4ccccc4)C(=O)c4ccccc4C3=O)ccc21. The predicted octanol–water partition coefficient (Wildman–Crippen LogP) is 4.07. The standard InChI is InChI=1S/C30H20N2O6S/c33-27-21-10-4-5-11-22(21)28(34)26-18-19(14-15-23(26)27)31-16-17-32(39(37,38)20-8-2-1-3-9-20)29(35)24-12-6-7-13-25(24)30(32)36/h1-15,18H,16-17H2/p+1. The first-order chi connectivity index (χ1) is 18.8. The van der Waals surface area contributed by atoms with E-state index in [-0.39, 0.29) is 45.3 Å². The molecule has 6 rings (SSSR count). The predicted molar refractivity (Wildman–Crippen MR) is 142 cm³/mol. The maximum atomic E-state index is 13.9. The van der Waals surface area contributed by atoms with Crippen molar-refractivity contribution in [2.75, 3.05) is 18.4 Å². The summed E-state index contributed by atoms with van der Waals surface area (Å²) in [5.41, 5.74) is 1.72. The second-order valence-corrected chi connectivity index (χ2v) is 11.3. The van der Waals surface area contributed by atoms with E-state index >= 15 is 0 Å². The molecule has 0 spiro atoms. The summed E-state index contributed by atoms with van der Waals surface area (Å²) in [5.74, 6) is -2.18. The van der Waals surface area contributed by atoms with Crippen LogP contribution in [0, 0.1) is 0 Å². The summed E-state index contributed by atoms with van der Waals surface area (Å²) in [6, 6.07) is 24.8. The topological polar surface area (TPSA) is 114 Å². The summed E-state index contributed by atoms with van der Waals surface area (Å²) in [7, 11) is -4.49. The molecule has 0 radical (unpaired) electrons. The number of rotatable bonds is 6. The zero-order valence-electron chi connectivity index (χ0n) is 20.5. The van der Waals surface area contributed by atoms with E-state index in [1.165, 1.54) is 42.5 Å². The minimum atomic E-state index is -4.49. The first-order valence-electron chi connectivity index (χ1n) is 12.2. The number of hydrogen-bond acceptors (Lipinski definition) is 7. The Hall–Kier alpha value is -4.73. The molecule has 1 heterocycles. The van der Waals surface area contributed by atoms with Crippen LogP contribution in [0.1, 0.15) is 52.6 Å². The summed E-state index contributed by atoms with van der Waals surface area (Å²) >= 11 is 0. The highest BCUT2D eigenvalue weighted by Crippen LogP contribution is 2.37. The van der Waals surface area contributed by atoms with E-state index in [1.54, 1.807) is 54.6 Å². The van der Waals surface area contributed by atoms with Gasteiger partial charge in [0.15, 0.2) is 11.6 Å². The average molecular weight is 538 g/mol. The molecule has 9 heteroatoms.